The monoisotopic (exact) mass is 359 g/mol. The van der Waals surface area contributed by atoms with Crippen LogP contribution in [-0.4, -0.2) is 23.2 Å². The first-order valence-electron chi connectivity index (χ1n) is 6.96. The van der Waals surface area contributed by atoms with Crippen LogP contribution in [0.15, 0.2) is 28.7 Å². The minimum Gasteiger partial charge on any atom is -0.335 e. The van der Waals surface area contributed by atoms with Crippen LogP contribution in [0.2, 0.25) is 0 Å². The van der Waals surface area contributed by atoms with Gasteiger partial charge in [0.1, 0.15) is 0 Å². The molecule has 1 aromatic rings. The average molecular weight is 361 g/mol. The Kier molecular flexibility index (Phi) is 6.53. The van der Waals surface area contributed by atoms with E-state index in [2.05, 4.69) is 35.8 Å². The van der Waals surface area contributed by atoms with Gasteiger partial charge < -0.3 is 4.90 Å². The van der Waals surface area contributed by atoms with Gasteiger partial charge in [-0.25, -0.2) is 0 Å². The molecule has 112 valence electrons. The smallest absolute Gasteiger partial charge is 0.229 e. The molecule has 1 atom stereocenters. The quantitative estimate of drug-likeness (QED) is 0.653. The number of carbonyl (C=O) groups excluding carboxylic acids is 1. The Labute approximate surface area is 135 Å². The van der Waals surface area contributed by atoms with Gasteiger partial charge in [-0.15, -0.1) is 11.6 Å². The van der Waals surface area contributed by atoms with Crippen molar-refractivity contribution in [2.75, 3.05) is 12.4 Å². The molecule has 0 saturated carbocycles. The van der Waals surface area contributed by atoms with Crippen molar-refractivity contribution in [3.8, 4) is 0 Å². The largest absolute Gasteiger partial charge is 0.335 e. The first kappa shape index (κ1) is 17.5. The van der Waals surface area contributed by atoms with Gasteiger partial charge in [0, 0.05) is 16.9 Å². The number of hydrogen-bond donors (Lipinski definition) is 0. The molecule has 2 nitrogen and oxygen atoms in total. The highest BCUT2D eigenvalue weighted by Gasteiger charge is 2.33. The first-order chi connectivity index (χ1) is 9.35. The molecule has 0 spiro atoms. The zero-order valence-electron chi connectivity index (χ0n) is 12.6. The van der Waals surface area contributed by atoms with Crippen molar-refractivity contribution in [1.82, 2.24) is 4.90 Å². The molecule has 1 aromatic carbocycles. The average Bonchev–Trinajstić information content (AvgIpc) is 2.43. The molecule has 0 aliphatic carbocycles. The van der Waals surface area contributed by atoms with E-state index in [1.807, 2.05) is 36.9 Å². The highest BCUT2D eigenvalue weighted by atomic mass is 79.9. The molecule has 4 heteroatoms. The van der Waals surface area contributed by atoms with Crippen LogP contribution in [0.3, 0.4) is 0 Å². The van der Waals surface area contributed by atoms with Crippen LogP contribution in [-0.2, 0) is 4.79 Å². The van der Waals surface area contributed by atoms with Crippen LogP contribution in [0.5, 0.6) is 0 Å². The molecule has 0 aliphatic heterocycles. The SMILES string of the molecule is CCCN(C(=O)C(C)(C)CCl)C(C)c1ccccc1Br. The number of hydrogen-bond acceptors (Lipinski definition) is 1. The van der Waals surface area contributed by atoms with Gasteiger partial charge in [0.25, 0.3) is 0 Å². The minimum absolute atomic E-state index is 0.0283. The summed E-state index contributed by atoms with van der Waals surface area (Å²) in [6.07, 6.45) is 0.929. The van der Waals surface area contributed by atoms with Gasteiger partial charge in [0.15, 0.2) is 0 Å². The van der Waals surface area contributed by atoms with Crippen molar-refractivity contribution in [2.45, 2.75) is 40.2 Å². The Morgan fingerprint density at radius 3 is 2.50 bits per heavy atom. The zero-order chi connectivity index (χ0) is 15.3. The van der Waals surface area contributed by atoms with Crippen LogP contribution in [0.1, 0.15) is 45.7 Å². The topological polar surface area (TPSA) is 20.3 Å². The van der Waals surface area contributed by atoms with E-state index in [9.17, 15) is 4.79 Å². The maximum Gasteiger partial charge on any atom is 0.229 e. The van der Waals surface area contributed by atoms with Crippen LogP contribution < -0.4 is 0 Å². The highest BCUT2D eigenvalue weighted by Crippen LogP contribution is 2.31. The van der Waals surface area contributed by atoms with Crippen LogP contribution in [0.4, 0.5) is 0 Å². The van der Waals surface area contributed by atoms with Gasteiger partial charge in [0.2, 0.25) is 5.91 Å². The van der Waals surface area contributed by atoms with Crippen molar-refractivity contribution in [1.29, 1.82) is 0 Å². The predicted molar refractivity (Wildman–Crippen MR) is 89.1 cm³/mol. The number of halogens is 2. The minimum atomic E-state index is -0.535. The Morgan fingerprint density at radius 2 is 2.00 bits per heavy atom. The predicted octanol–water partition coefficient (Wildman–Crippen LogP) is 5.01. The third kappa shape index (κ3) is 3.98. The van der Waals surface area contributed by atoms with E-state index in [1.54, 1.807) is 0 Å². The molecule has 0 fully saturated rings. The van der Waals surface area contributed by atoms with E-state index < -0.39 is 5.41 Å². The van der Waals surface area contributed by atoms with Gasteiger partial charge >= 0.3 is 0 Å². The standard InChI is InChI=1S/C16H23BrClNO/c1-5-10-19(15(20)16(3,4)11-18)12(2)13-8-6-7-9-14(13)17/h6-9,12H,5,10-11H2,1-4H3. The molecule has 0 bridgehead atoms. The molecule has 0 radical (unpaired) electrons. The van der Waals surface area contributed by atoms with Gasteiger partial charge in [-0.2, -0.15) is 0 Å². The Bertz CT molecular complexity index is 462. The van der Waals surface area contributed by atoms with Crippen LogP contribution >= 0.6 is 27.5 Å². The normalized spacial score (nSPS) is 13.1. The molecule has 1 amide bonds. The van der Waals surface area contributed by atoms with Gasteiger partial charge in [-0.1, -0.05) is 41.1 Å². The lowest BCUT2D eigenvalue weighted by Gasteiger charge is -2.35. The number of nitrogens with zero attached hydrogens (tertiary/aromatic N) is 1. The van der Waals surface area contributed by atoms with Gasteiger partial charge in [-0.3, -0.25) is 4.79 Å². The molecule has 20 heavy (non-hydrogen) atoms. The maximum atomic E-state index is 12.7. The van der Waals surface area contributed by atoms with E-state index >= 15 is 0 Å². The van der Waals surface area contributed by atoms with Crippen molar-refractivity contribution in [3.63, 3.8) is 0 Å². The summed E-state index contributed by atoms with van der Waals surface area (Å²) >= 11 is 9.53. The molecule has 0 aliphatic rings. The Morgan fingerprint density at radius 1 is 1.40 bits per heavy atom. The molecule has 1 rings (SSSR count). The van der Waals surface area contributed by atoms with E-state index in [4.69, 9.17) is 11.6 Å². The molecule has 0 saturated heterocycles. The third-order valence-corrected chi connectivity index (χ3v) is 4.85. The number of benzene rings is 1. The van der Waals surface area contributed by atoms with Crippen molar-refractivity contribution < 1.29 is 4.79 Å². The van der Waals surface area contributed by atoms with Crippen molar-refractivity contribution in [2.24, 2.45) is 5.41 Å². The summed E-state index contributed by atoms with van der Waals surface area (Å²) in [5, 5.41) is 0. The fraction of sp³-hybridized carbons (Fsp3) is 0.562. The lowest BCUT2D eigenvalue weighted by molar-refractivity contribution is -0.141. The fourth-order valence-corrected chi connectivity index (χ4v) is 2.87. The zero-order valence-corrected chi connectivity index (χ0v) is 15.0. The summed E-state index contributed by atoms with van der Waals surface area (Å²) in [5.41, 5.74) is 0.589. The van der Waals surface area contributed by atoms with Crippen molar-refractivity contribution in [3.05, 3.63) is 34.3 Å². The Hall–Kier alpha value is -0.540. The molecular weight excluding hydrogens is 338 g/mol. The van der Waals surface area contributed by atoms with E-state index in [0.717, 1.165) is 23.0 Å². The summed E-state index contributed by atoms with van der Waals surface area (Å²) in [7, 11) is 0. The number of carbonyl (C=O) groups is 1. The molecular formula is C16H23BrClNO. The number of amides is 1. The second kappa shape index (κ2) is 7.46. The van der Waals surface area contributed by atoms with E-state index in [1.165, 1.54) is 0 Å². The highest BCUT2D eigenvalue weighted by molar-refractivity contribution is 9.10. The van der Waals surface area contributed by atoms with E-state index in [-0.39, 0.29) is 11.9 Å². The van der Waals surface area contributed by atoms with E-state index in [0.29, 0.717) is 5.88 Å². The summed E-state index contributed by atoms with van der Waals surface area (Å²) in [6.45, 7) is 8.69. The third-order valence-electron chi connectivity index (χ3n) is 3.46. The number of alkyl halides is 1. The van der Waals surface area contributed by atoms with Crippen molar-refractivity contribution >= 4 is 33.4 Å². The van der Waals surface area contributed by atoms with Gasteiger partial charge in [0.05, 0.1) is 11.5 Å². The molecule has 1 unspecified atom stereocenters. The maximum absolute atomic E-state index is 12.7. The number of rotatable bonds is 6. The molecule has 0 aromatic heterocycles. The summed E-state index contributed by atoms with van der Waals surface area (Å²) in [6, 6.07) is 8.07. The van der Waals surface area contributed by atoms with Crippen LogP contribution in [0, 0.1) is 5.41 Å². The lowest BCUT2D eigenvalue weighted by atomic mass is 9.92. The second-order valence-corrected chi connectivity index (χ2v) is 6.84. The van der Waals surface area contributed by atoms with Gasteiger partial charge in [-0.05, 0) is 38.8 Å². The lowest BCUT2D eigenvalue weighted by Crippen LogP contribution is -2.43. The fourth-order valence-electron chi connectivity index (χ4n) is 2.14. The first-order valence-corrected chi connectivity index (χ1v) is 8.29. The molecule has 0 heterocycles. The summed E-state index contributed by atoms with van der Waals surface area (Å²) < 4.78 is 1.03. The molecule has 0 N–H and O–H groups in total. The summed E-state index contributed by atoms with van der Waals surface area (Å²) in [5.74, 6) is 0.437. The Balaban J connectivity index is 3.08. The second-order valence-electron chi connectivity index (χ2n) is 5.71. The van der Waals surface area contributed by atoms with Crippen LogP contribution in [0.25, 0.3) is 0 Å². The summed E-state index contributed by atoms with van der Waals surface area (Å²) in [4.78, 5) is 14.7.